The van der Waals surface area contributed by atoms with E-state index in [2.05, 4.69) is 40.2 Å². The number of carbonyl (C=O) groups excluding carboxylic acids is 1. The topological polar surface area (TPSA) is 57.7 Å². The van der Waals surface area contributed by atoms with Crippen LogP contribution in [0, 0.1) is 6.92 Å². The van der Waals surface area contributed by atoms with Crippen molar-refractivity contribution >= 4 is 32.6 Å². The predicted octanol–water partition coefficient (Wildman–Crippen LogP) is 3.17. The highest BCUT2D eigenvalue weighted by molar-refractivity contribution is 7.22. The summed E-state index contributed by atoms with van der Waals surface area (Å²) >= 11 is 1.77. The quantitative estimate of drug-likeness (QED) is 0.677. The molecule has 1 aromatic heterocycles. The highest BCUT2D eigenvalue weighted by Gasteiger charge is 2.20. The highest BCUT2D eigenvalue weighted by Crippen LogP contribution is 2.30. The van der Waals surface area contributed by atoms with E-state index in [1.807, 2.05) is 0 Å². The van der Waals surface area contributed by atoms with Crippen molar-refractivity contribution in [1.82, 2.24) is 15.2 Å². The van der Waals surface area contributed by atoms with Crippen molar-refractivity contribution in [3.05, 3.63) is 53.6 Å². The molecule has 7 heteroatoms. The molecule has 2 aromatic carbocycles. The zero-order valence-electron chi connectivity index (χ0n) is 16.9. The SMILES string of the molecule is COc1ccc(C(=O)NCCN2CCN(c3nc4c(C)cccc4s3)CC2)cc1. The molecule has 1 aliphatic heterocycles. The molecule has 1 N–H and O–H groups in total. The number of para-hydroxylation sites is 1. The molecule has 4 rings (SSSR count). The molecule has 0 spiro atoms. The third-order valence-electron chi connectivity index (χ3n) is 5.32. The zero-order chi connectivity index (χ0) is 20.2. The van der Waals surface area contributed by atoms with Crippen LogP contribution in [0.5, 0.6) is 5.75 Å². The summed E-state index contributed by atoms with van der Waals surface area (Å²) < 4.78 is 6.38. The number of fused-ring (bicyclic) bond motifs is 1. The van der Waals surface area contributed by atoms with Crippen molar-refractivity contribution in [1.29, 1.82) is 0 Å². The van der Waals surface area contributed by atoms with Crippen LogP contribution in [0.25, 0.3) is 10.2 Å². The maximum atomic E-state index is 12.3. The molecule has 29 heavy (non-hydrogen) atoms. The van der Waals surface area contributed by atoms with Crippen molar-refractivity contribution in [2.24, 2.45) is 0 Å². The number of thiazole rings is 1. The van der Waals surface area contributed by atoms with E-state index < -0.39 is 0 Å². The Balaban J connectivity index is 1.24. The van der Waals surface area contributed by atoms with Gasteiger partial charge in [0, 0.05) is 44.8 Å². The zero-order valence-corrected chi connectivity index (χ0v) is 17.7. The Kier molecular flexibility index (Phi) is 5.97. The van der Waals surface area contributed by atoms with Gasteiger partial charge < -0.3 is 15.0 Å². The number of nitrogens with zero attached hydrogens (tertiary/aromatic N) is 3. The van der Waals surface area contributed by atoms with Gasteiger partial charge in [-0.15, -0.1) is 0 Å². The number of benzene rings is 2. The lowest BCUT2D eigenvalue weighted by molar-refractivity contribution is 0.0947. The second-order valence-corrected chi connectivity index (χ2v) is 8.24. The first-order chi connectivity index (χ1) is 14.1. The first-order valence-electron chi connectivity index (χ1n) is 9.90. The third-order valence-corrected chi connectivity index (χ3v) is 6.40. The molecule has 1 fully saturated rings. The first-order valence-corrected chi connectivity index (χ1v) is 10.7. The summed E-state index contributed by atoms with van der Waals surface area (Å²) in [4.78, 5) is 21.9. The lowest BCUT2D eigenvalue weighted by Crippen LogP contribution is -2.48. The van der Waals surface area contributed by atoms with Crippen molar-refractivity contribution in [3.63, 3.8) is 0 Å². The predicted molar refractivity (Wildman–Crippen MR) is 118 cm³/mol. The summed E-state index contributed by atoms with van der Waals surface area (Å²) in [6, 6.07) is 13.5. The molecule has 0 unspecified atom stereocenters. The van der Waals surface area contributed by atoms with Gasteiger partial charge in [0.2, 0.25) is 0 Å². The molecular formula is C22H26N4O2S. The molecule has 1 amide bonds. The summed E-state index contributed by atoms with van der Waals surface area (Å²) in [5, 5.41) is 4.12. The van der Waals surface area contributed by atoms with Crippen molar-refractivity contribution in [2.45, 2.75) is 6.92 Å². The van der Waals surface area contributed by atoms with Crippen LogP contribution in [0.4, 0.5) is 5.13 Å². The van der Waals surface area contributed by atoms with Crippen LogP contribution in [0.3, 0.4) is 0 Å². The number of hydrogen-bond donors (Lipinski definition) is 1. The van der Waals surface area contributed by atoms with Gasteiger partial charge in [-0.2, -0.15) is 0 Å². The molecule has 1 aliphatic rings. The Labute approximate surface area is 175 Å². The number of aryl methyl sites for hydroxylation is 1. The lowest BCUT2D eigenvalue weighted by atomic mass is 10.2. The molecule has 0 bridgehead atoms. The van der Waals surface area contributed by atoms with Gasteiger partial charge in [0.05, 0.1) is 17.3 Å². The highest BCUT2D eigenvalue weighted by atomic mass is 32.1. The van der Waals surface area contributed by atoms with Crippen LogP contribution >= 0.6 is 11.3 Å². The van der Waals surface area contributed by atoms with E-state index >= 15 is 0 Å². The van der Waals surface area contributed by atoms with Gasteiger partial charge in [0.1, 0.15) is 5.75 Å². The lowest BCUT2D eigenvalue weighted by Gasteiger charge is -2.34. The first kappa shape index (κ1) is 19.7. The van der Waals surface area contributed by atoms with Gasteiger partial charge in [0.25, 0.3) is 5.91 Å². The number of carbonyl (C=O) groups is 1. The van der Waals surface area contributed by atoms with Crippen LogP contribution in [0.2, 0.25) is 0 Å². The Bertz CT molecular complexity index is 978. The molecule has 3 aromatic rings. The Hall–Kier alpha value is -2.64. The van der Waals surface area contributed by atoms with Gasteiger partial charge in [-0.1, -0.05) is 23.5 Å². The van der Waals surface area contributed by atoms with Crippen molar-refractivity contribution in [2.75, 3.05) is 51.3 Å². The van der Waals surface area contributed by atoms with Gasteiger partial charge in [-0.05, 0) is 42.8 Å². The minimum Gasteiger partial charge on any atom is -0.497 e. The summed E-state index contributed by atoms with van der Waals surface area (Å²) in [6.07, 6.45) is 0. The molecule has 0 saturated carbocycles. The maximum Gasteiger partial charge on any atom is 0.251 e. The average molecular weight is 411 g/mol. The average Bonchev–Trinajstić information content (AvgIpc) is 3.20. The number of rotatable bonds is 6. The van der Waals surface area contributed by atoms with E-state index in [4.69, 9.17) is 9.72 Å². The maximum absolute atomic E-state index is 12.3. The smallest absolute Gasteiger partial charge is 0.251 e. The molecule has 2 heterocycles. The monoisotopic (exact) mass is 410 g/mol. The molecule has 6 nitrogen and oxygen atoms in total. The molecule has 0 atom stereocenters. The molecule has 0 aliphatic carbocycles. The van der Waals surface area contributed by atoms with Crippen LogP contribution in [-0.4, -0.2) is 62.2 Å². The van der Waals surface area contributed by atoms with E-state index in [0.29, 0.717) is 12.1 Å². The largest absolute Gasteiger partial charge is 0.497 e. The minimum atomic E-state index is -0.0452. The second kappa shape index (κ2) is 8.80. The fraction of sp³-hybridized carbons (Fsp3) is 0.364. The number of nitrogens with one attached hydrogen (secondary N) is 1. The Morgan fingerprint density at radius 1 is 1.14 bits per heavy atom. The van der Waals surface area contributed by atoms with E-state index in [1.54, 1.807) is 42.7 Å². The third kappa shape index (κ3) is 4.52. The number of aromatic nitrogens is 1. The second-order valence-electron chi connectivity index (χ2n) is 7.23. The van der Waals surface area contributed by atoms with Crippen LogP contribution in [0.15, 0.2) is 42.5 Å². The fourth-order valence-electron chi connectivity index (χ4n) is 3.54. The van der Waals surface area contributed by atoms with Crippen LogP contribution in [0.1, 0.15) is 15.9 Å². The fourth-order valence-corrected chi connectivity index (χ4v) is 4.64. The number of anilines is 1. The van der Waals surface area contributed by atoms with E-state index in [0.717, 1.165) is 49.1 Å². The minimum absolute atomic E-state index is 0.0452. The Morgan fingerprint density at radius 3 is 2.59 bits per heavy atom. The summed E-state index contributed by atoms with van der Waals surface area (Å²) in [5.74, 6) is 0.707. The molecule has 0 radical (unpaired) electrons. The van der Waals surface area contributed by atoms with Crippen LogP contribution < -0.4 is 15.0 Å². The number of amides is 1. The number of ether oxygens (including phenoxy) is 1. The summed E-state index contributed by atoms with van der Waals surface area (Å²) in [7, 11) is 1.62. The normalized spacial score (nSPS) is 14.9. The molecule has 1 saturated heterocycles. The van der Waals surface area contributed by atoms with Crippen LogP contribution in [-0.2, 0) is 0 Å². The Morgan fingerprint density at radius 2 is 1.90 bits per heavy atom. The van der Waals surface area contributed by atoms with E-state index in [1.165, 1.54) is 10.3 Å². The van der Waals surface area contributed by atoms with Crippen molar-refractivity contribution < 1.29 is 9.53 Å². The number of hydrogen-bond acceptors (Lipinski definition) is 6. The summed E-state index contributed by atoms with van der Waals surface area (Å²) in [6.45, 7) is 7.50. The molecular weight excluding hydrogens is 384 g/mol. The van der Waals surface area contributed by atoms with E-state index in [-0.39, 0.29) is 5.91 Å². The van der Waals surface area contributed by atoms with E-state index in [9.17, 15) is 4.79 Å². The molecule has 152 valence electrons. The van der Waals surface area contributed by atoms with Gasteiger partial charge >= 0.3 is 0 Å². The summed E-state index contributed by atoms with van der Waals surface area (Å²) in [5.41, 5.74) is 3.01. The standard InChI is InChI=1S/C22H26N4O2S/c1-16-4-3-5-19-20(16)24-22(29-19)26-14-12-25(13-15-26)11-10-23-21(27)17-6-8-18(28-2)9-7-17/h3-9H,10-15H2,1-2H3,(H,23,27). The number of methoxy groups -OCH3 is 1. The van der Waals surface area contributed by atoms with Gasteiger partial charge in [-0.3, -0.25) is 9.69 Å². The van der Waals surface area contributed by atoms with Crippen molar-refractivity contribution in [3.8, 4) is 5.75 Å². The number of piperazine rings is 1. The van der Waals surface area contributed by atoms with Gasteiger partial charge in [-0.25, -0.2) is 4.98 Å². The van der Waals surface area contributed by atoms with Gasteiger partial charge in [0.15, 0.2) is 5.13 Å².